The van der Waals surface area contributed by atoms with Crippen molar-refractivity contribution < 1.29 is 22.7 Å². The minimum atomic E-state index is -4.36. The Morgan fingerprint density at radius 2 is 1.96 bits per heavy atom. The van der Waals surface area contributed by atoms with Crippen LogP contribution in [0.2, 0.25) is 0 Å². The number of rotatable bonds is 4. The van der Waals surface area contributed by atoms with Gasteiger partial charge in [-0.2, -0.15) is 13.2 Å². The smallest absolute Gasteiger partial charge is 0.383 e. The Labute approximate surface area is 145 Å². The van der Waals surface area contributed by atoms with Crippen LogP contribution in [0, 0.1) is 0 Å². The molecule has 2 unspecified atom stereocenters. The molecule has 2 N–H and O–H groups in total. The number of amides is 1. The highest BCUT2D eigenvalue weighted by molar-refractivity contribution is 5.85. The first-order chi connectivity index (χ1) is 10.8. The summed E-state index contributed by atoms with van der Waals surface area (Å²) >= 11 is 0. The van der Waals surface area contributed by atoms with Crippen LogP contribution in [0.5, 0.6) is 0 Å². The van der Waals surface area contributed by atoms with Gasteiger partial charge in [-0.25, -0.2) is 0 Å². The summed E-state index contributed by atoms with van der Waals surface area (Å²) in [7, 11) is 1.47. The third-order valence-corrected chi connectivity index (χ3v) is 4.07. The van der Waals surface area contributed by atoms with Gasteiger partial charge >= 0.3 is 6.18 Å². The summed E-state index contributed by atoms with van der Waals surface area (Å²) in [4.78, 5) is 14.1. The Morgan fingerprint density at radius 3 is 2.50 bits per heavy atom. The number of carbonyl (C=O) groups is 1. The molecule has 0 bridgehead atoms. The molecule has 1 amide bonds. The van der Waals surface area contributed by atoms with Crippen molar-refractivity contribution >= 4 is 18.3 Å². The average molecular weight is 367 g/mol. The summed E-state index contributed by atoms with van der Waals surface area (Å²) in [5.41, 5.74) is 5.83. The number of ether oxygens (including phenoxy) is 1. The molecule has 2 rings (SSSR count). The minimum absolute atomic E-state index is 0. The standard InChI is InChI=1S/C16H21F3N2O2.ClH/c1-23-10-13(20)15(22)21-9-3-2-4-14(21)11-5-7-12(8-6-11)16(17,18)19;/h5-8,13-14H,2-4,9-10,20H2,1H3;1H. The molecule has 0 saturated carbocycles. The van der Waals surface area contributed by atoms with E-state index in [9.17, 15) is 18.0 Å². The Morgan fingerprint density at radius 1 is 1.33 bits per heavy atom. The largest absolute Gasteiger partial charge is 0.416 e. The molecule has 0 aliphatic carbocycles. The molecule has 8 heteroatoms. The van der Waals surface area contributed by atoms with Gasteiger partial charge in [0.2, 0.25) is 5.91 Å². The second-order valence-corrected chi connectivity index (χ2v) is 5.72. The molecule has 1 fully saturated rings. The zero-order valence-corrected chi connectivity index (χ0v) is 14.2. The third kappa shape index (κ3) is 4.84. The van der Waals surface area contributed by atoms with E-state index in [1.807, 2.05) is 0 Å². The van der Waals surface area contributed by atoms with E-state index in [1.165, 1.54) is 19.2 Å². The normalized spacial score (nSPS) is 19.5. The number of alkyl halides is 3. The van der Waals surface area contributed by atoms with Gasteiger partial charge in [-0.05, 0) is 37.0 Å². The van der Waals surface area contributed by atoms with Crippen LogP contribution >= 0.6 is 12.4 Å². The van der Waals surface area contributed by atoms with Crippen molar-refractivity contribution in [2.45, 2.75) is 37.5 Å². The van der Waals surface area contributed by atoms with E-state index in [4.69, 9.17) is 10.5 Å². The Balaban J connectivity index is 0.00000288. The van der Waals surface area contributed by atoms with Gasteiger partial charge in [0.1, 0.15) is 6.04 Å². The molecule has 1 heterocycles. The first kappa shape index (κ1) is 20.7. The van der Waals surface area contributed by atoms with Crippen molar-refractivity contribution in [3.05, 3.63) is 35.4 Å². The number of nitrogens with zero attached hydrogens (tertiary/aromatic N) is 1. The van der Waals surface area contributed by atoms with E-state index in [1.54, 1.807) is 4.90 Å². The highest BCUT2D eigenvalue weighted by Gasteiger charge is 2.33. The zero-order valence-electron chi connectivity index (χ0n) is 13.4. The molecule has 1 aromatic rings. The summed E-state index contributed by atoms with van der Waals surface area (Å²) in [5.74, 6) is -0.226. The monoisotopic (exact) mass is 366 g/mol. The van der Waals surface area contributed by atoms with Gasteiger partial charge in [-0.15, -0.1) is 12.4 Å². The van der Waals surface area contributed by atoms with Crippen LogP contribution in [0.25, 0.3) is 0 Å². The maximum Gasteiger partial charge on any atom is 0.416 e. The van der Waals surface area contributed by atoms with E-state index in [-0.39, 0.29) is 31.0 Å². The number of piperidine rings is 1. The molecule has 1 aromatic carbocycles. The number of methoxy groups -OCH3 is 1. The molecular weight excluding hydrogens is 345 g/mol. The van der Waals surface area contributed by atoms with Gasteiger partial charge in [-0.3, -0.25) is 4.79 Å². The maximum atomic E-state index is 12.7. The van der Waals surface area contributed by atoms with E-state index in [0.717, 1.165) is 31.4 Å². The SMILES string of the molecule is COCC(N)C(=O)N1CCCCC1c1ccc(C(F)(F)F)cc1.Cl. The molecule has 0 spiro atoms. The summed E-state index contributed by atoms with van der Waals surface area (Å²) in [6, 6.07) is 4.02. The number of likely N-dealkylation sites (tertiary alicyclic amines) is 1. The second-order valence-electron chi connectivity index (χ2n) is 5.72. The first-order valence-electron chi connectivity index (χ1n) is 7.56. The van der Waals surface area contributed by atoms with Gasteiger partial charge in [0, 0.05) is 13.7 Å². The lowest BCUT2D eigenvalue weighted by molar-refractivity contribution is -0.138. The lowest BCUT2D eigenvalue weighted by Gasteiger charge is -2.37. The number of carbonyl (C=O) groups excluding carboxylic acids is 1. The summed E-state index contributed by atoms with van der Waals surface area (Å²) in [6.07, 6.45) is -1.85. The van der Waals surface area contributed by atoms with Gasteiger partial charge in [0.15, 0.2) is 0 Å². The number of nitrogens with two attached hydrogens (primary N) is 1. The van der Waals surface area contributed by atoms with Crippen LogP contribution in [0.4, 0.5) is 13.2 Å². The number of benzene rings is 1. The average Bonchev–Trinajstić information content (AvgIpc) is 2.54. The van der Waals surface area contributed by atoms with Crippen molar-refractivity contribution in [1.29, 1.82) is 0 Å². The van der Waals surface area contributed by atoms with Crippen molar-refractivity contribution in [3.63, 3.8) is 0 Å². The van der Waals surface area contributed by atoms with Gasteiger partial charge < -0.3 is 15.4 Å². The summed E-state index contributed by atoms with van der Waals surface area (Å²) < 4.78 is 42.9. The topological polar surface area (TPSA) is 55.6 Å². The molecule has 24 heavy (non-hydrogen) atoms. The maximum absolute atomic E-state index is 12.7. The fourth-order valence-electron chi connectivity index (χ4n) is 2.90. The lowest BCUT2D eigenvalue weighted by atomic mass is 9.94. The van der Waals surface area contributed by atoms with Crippen molar-refractivity contribution in [2.24, 2.45) is 5.73 Å². The van der Waals surface area contributed by atoms with Crippen molar-refractivity contribution in [1.82, 2.24) is 4.90 Å². The Kier molecular flexibility index (Phi) is 7.51. The zero-order chi connectivity index (χ0) is 17.0. The fourth-order valence-corrected chi connectivity index (χ4v) is 2.90. The van der Waals surface area contributed by atoms with E-state index in [2.05, 4.69) is 0 Å². The predicted octanol–water partition coefficient (Wildman–Crippen LogP) is 3.15. The molecular formula is C16H22ClF3N2O2. The van der Waals surface area contributed by atoms with E-state index >= 15 is 0 Å². The first-order valence-corrected chi connectivity index (χ1v) is 7.56. The van der Waals surface area contributed by atoms with Crippen molar-refractivity contribution in [3.8, 4) is 0 Å². The molecule has 0 aromatic heterocycles. The number of hydrogen-bond donors (Lipinski definition) is 1. The lowest BCUT2D eigenvalue weighted by Crippen LogP contribution is -2.49. The molecule has 136 valence electrons. The van der Waals surface area contributed by atoms with Crippen LogP contribution in [-0.4, -0.2) is 37.1 Å². The molecule has 1 aliphatic heterocycles. The van der Waals surface area contributed by atoms with E-state index in [0.29, 0.717) is 12.1 Å². The fraction of sp³-hybridized carbons (Fsp3) is 0.562. The third-order valence-electron chi connectivity index (χ3n) is 4.07. The van der Waals surface area contributed by atoms with Crippen LogP contribution in [-0.2, 0) is 15.7 Å². The quantitative estimate of drug-likeness (QED) is 0.890. The molecule has 2 atom stereocenters. The highest BCUT2D eigenvalue weighted by atomic mass is 35.5. The Bertz CT molecular complexity index is 537. The van der Waals surface area contributed by atoms with Crippen LogP contribution in [0.1, 0.15) is 36.4 Å². The predicted molar refractivity (Wildman–Crippen MR) is 86.8 cm³/mol. The van der Waals surface area contributed by atoms with Crippen LogP contribution in [0.3, 0.4) is 0 Å². The number of hydrogen-bond acceptors (Lipinski definition) is 3. The van der Waals surface area contributed by atoms with Crippen molar-refractivity contribution in [2.75, 3.05) is 20.3 Å². The van der Waals surface area contributed by atoms with Crippen LogP contribution < -0.4 is 5.73 Å². The molecule has 1 saturated heterocycles. The summed E-state index contributed by atoms with van der Waals surface area (Å²) in [6.45, 7) is 0.678. The van der Waals surface area contributed by atoms with Gasteiger partial charge in [0.25, 0.3) is 0 Å². The summed E-state index contributed by atoms with van der Waals surface area (Å²) in [5, 5.41) is 0. The highest BCUT2D eigenvalue weighted by Crippen LogP contribution is 2.34. The molecule has 4 nitrogen and oxygen atoms in total. The van der Waals surface area contributed by atoms with Crippen LogP contribution in [0.15, 0.2) is 24.3 Å². The number of halogens is 4. The Hall–Kier alpha value is -1.31. The molecule has 1 aliphatic rings. The van der Waals surface area contributed by atoms with Gasteiger partial charge in [-0.1, -0.05) is 12.1 Å². The molecule has 0 radical (unpaired) electrons. The van der Waals surface area contributed by atoms with Gasteiger partial charge in [0.05, 0.1) is 18.2 Å². The van der Waals surface area contributed by atoms with E-state index < -0.39 is 17.8 Å². The second kappa shape index (κ2) is 8.69. The minimum Gasteiger partial charge on any atom is -0.383 e.